The van der Waals surface area contributed by atoms with Crippen LogP contribution in [0.1, 0.15) is 5.56 Å². The van der Waals surface area contributed by atoms with Crippen LogP contribution in [0.5, 0.6) is 0 Å². The molecule has 2 aromatic carbocycles. The van der Waals surface area contributed by atoms with Crippen LogP contribution < -0.4 is 10.9 Å². The largest absolute Gasteiger partial charge is 0.324 e. The molecule has 126 valence electrons. The van der Waals surface area contributed by atoms with Gasteiger partial charge in [-0.25, -0.2) is 9.07 Å². The SMILES string of the molecule is Cc1ccc(NC(=O)Cn2nc(-c3ccccc3)ccc2=O)cc1F. The van der Waals surface area contributed by atoms with Crippen molar-refractivity contribution in [3.05, 3.63) is 82.4 Å². The molecular weight excluding hydrogens is 321 g/mol. The quantitative estimate of drug-likeness (QED) is 0.796. The lowest BCUT2D eigenvalue weighted by molar-refractivity contribution is -0.117. The maximum atomic E-state index is 13.5. The Morgan fingerprint density at radius 2 is 1.88 bits per heavy atom. The maximum absolute atomic E-state index is 13.5. The number of carbonyl (C=O) groups is 1. The molecule has 6 heteroatoms. The van der Waals surface area contributed by atoms with Crippen molar-refractivity contribution in [2.75, 3.05) is 5.32 Å². The molecule has 0 aliphatic rings. The standard InChI is InChI=1S/C19H16FN3O2/c1-13-7-8-15(11-16(13)20)21-18(24)12-23-19(25)10-9-17(22-23)14-5-3-2-4-6-14/h2-11H,12H2,1H3,(H,21,24). The third kappa shape index (κ3) is 3.98. The molecule has 0 radical (unpaired) electrons. The first-order valence-electron chi connectivity index (χ1n) is 7.72. The Labute approximate surface area is 143 Å². The lowest BCUT2D eigenvalue weighted by atomic mass is 10.1. The number of amides is 1. The molecule has 0 aliphatic heterocycles. The molecule has 5 nitrogen and oxygen atoms in total. The van der Waals surface area contributed by atoms with Crippen LogP contribution >= 0.6 is 0 Å². The van der Waals surface area contributed by atoms with Gasteiger partial charge in [0.25, 0.3) is 5.56 Å². The third-order valence-corrected chi connectivity index (χ3v) is 3.69. The van der Waals surface area contributed by atoms with E-state index in [2.05, 4.69) is 10.4 Å². The van der Waals surface area contributed by atoms with Crippen molar-refractivity contribution < 1.29 is 9.18 Å². The summed E-state index contributed by atoms with van der Waals surface area (Å²) in [5.41, 5.74) is 1.88. The van der Waals surface area contributed by atoms with Crippen LogP contribution in [0.3, 0.4) is 0 Å². The van der Waals surface area contributed by atoms with Gasteiger partial charge in [0, 0.05) is 17.3 Å². The van der Waals surface area contributed by atoms with Crippen LogP contribution in [0, 0.1) is 12.7 Å². The number of halogens is 1. The summed E-state index contributed by atoms with van der Waals surface area (Å²) in [6.45, 7) is 1.38. The summed E-state index contributed by atoms with van der Waals surface area (Å²) in [7, 11) is 0. The van der Waals surface area contributed by atoms with Gasteiger partial charge in [-0.2, -0.15) is 5.10 Å². The van der Waals surface area contributed by atoms with E-state index in [0.29, 0.717) is 16.9 Å². The zero-order valence-electron chi connectivity index (χ0n) is 13.6. The summed E-state index contributed by atoms with van der Waals surface area (Å²) < 4.78 is 14.6. The topological polar surface area (TPSA) is 64.0 Å². The van der Waals surface area contributed by atoms with Gasteiger partial charge in [-0.3, -0.25) is 9.59 Å². The van der Waals surface area contributed by atoms with Crippen molar-refractivity contribution in [2.45, 2.75) is 13.5 Å². The third-order valence-electron chi connectivity index (χ3n) is 3.69. The van der Waals surface area contributed by atoms with E-state index >= 15 is 0 Å². The van der Waals surface area contributed by atoms with E-state index in [4.69, 9.17) is 0 Å². The molecule has 3 rings (SSSR count). The molecule has 1 N–H and O–H groups in total. The highest BCUT2D eigenvalue weighted by Gasteiger charge is 2.09. The fourth-order valence-corrected chi connectivity index (χ4v) is 2.33. The number of benzene rings is 2. The van der Waals surface area contributed by atoms with Gasteiger partial charge < -0.3 is 5.32 Å². The molecule has 0 atom stereocenters. The normalized spacial score (nSPS) is 10.5. The summed E-state index contributed by atoms with van der Waals surface area (Å²) in [5, 5.41) is 6.79. The van der Waals surface area contributed by atoms with Gasteiger partial charge in [-0.15, -0.1) is 0 Å². The van der Waals surface area contributed by atoms with Gasteiger partial charge in [0.2, 0.25) is 5.91 Å². The number of rotatable bonds is 4. The first kappa shape index (κ1) is 16.6. The molecule has 0 saturated carbocycles. The summed E-state index contributed by atoms with van der Waals surface area (Å²) in [5.74, 6) is -0.859. The highest BCUT2D eigenvalue weighted by Crippen LogP contribution is 2.15. The average Bonchev–Trinajstić information content (AvgIpc) is 2.61. The Morgan fingerprint density at radius 1 is 1.12 bits per heavy atom. The molecule has 0 spiro atoms. The summed E-state index contributed by atoms with van der Waals surface area (Å²) >= 11 is 0. The predicted molar refractivity (Wildman–Crippen MR) is 93.7 cm³/mol. The van der Waals surface area contributed by atoms with Crippen molar-refractivity contribution in [1.82, 2.24) is 9.78 Å². The highest BCUT2D eigenvalue weighted by molar-refractivity contribution is 5.90. The fourth-order valence-electron chi connectivity index (χ4n) is 2.33. The molecule has 25 heavy (non-hydrogen) atoms. The van der Waals surface area contributed by atoms with E-state index in [1.165, 1.54) is 12.1 Å². The van der Waals surface area contributed by atoms with Gasteiger partial charge in [-0.1, -0.05) is 36.4 Å². The molecule has 0 bridgehead atoms. The Morgan fingerprint density at radius 3 is 2.60 bits per heavy atom. The first-order valence-corrected chi connectivity index (χ1v) is 7.72. The lowest BCUT2D eigenvalue weighted by Crippen LogP contribution is -2.29. The van der Waals surface area contributed by atoms with Crippen LogP contribution in [0.25, 0.3) is 11.3 Å². The minimum absolute atomic E-state index is 0.255. The Hall–Kier alpha value is -3.28. The molecule has 1 aromatic heterocycles. The van der Waals surface area contributed by atoms with Crippen molar-refractivity contribution >= 4 is 11.6 Å². The van der Waals surface area contributed by atoms with Gasteiger partial charge in [-0.05, 0) is 30.7 Å². The van der Waals surface area contributed by atoms with E-state index in [1.54, 1.807) is 25.1 Å². The number of nitrogens with zero attached hydrogens (tertiary/aromatic N) is 2. The van der Waals surface area contributed by atoms with Crippen LogP contribution in [-0.4, -0.2) is 15.7 Å². The summed E-state index contributed by atoms with van der Waals surface area (Å²) in [6, 6.07) is 16.8. The zero-order chi connectivity index (χ0) is 17.8. The van der Waals surface area contributed by atoms with E-state index in [9.17, 15) is 14.0 Å². The summed E-state index contributed by atoms with van der Waals surface area (Å²) in [4.78, 5) is 24.1. The minimum atomic E-state index is -0.455. The highest BCUT2D eigenvalue weighted by atomic mass is 19.1. The van der Waals surface area contributed by atoms with E-state index in [0.717, 1.165) is 10.2 Å². The maximum Gasteiger partial charge on any atom is 0.267 e. The Balaban J connectivity index is 1.79. The van der Waals surface area contributed by atoms with E-state index < -0.39 is 11.7 Å². The number of aromatic nitrogens is 2. The molecule has 0 aliphatic carbocycles. The zero-order valence-corrected chi connectivity index (χ0v) is 13.6. The second-order valence-corrected chi connectivity index (χ2v) is 5.59. The van der Waals surface area contributed by atoms with Crippen molar-refractivity contribution in [3.63, 3.8) is 0 Å². The number of nitrogens with one attached hydrogen (secondary N) is 1. The van der Waals surface area contributed by atoms with Crippen molar-refractivity contribution in [1.29, 1.82) is 0 Å². The molecule has 0 saturated heterocycles. The van der Waals surface area contributed by atoms with Crippen molar-refractivity contribution in [3.8, 4) is 11.3 Å². The lowest BCUT2D eigenvalue weighted by Gasteiger charge is -2.09. The number of hydrogen-bond donors (Lipinski definition) is 1. The number of hydrogen-bond acceptors (Lipinski definition) is 3. The molecule has 3 aromatic rings. The van der Waals surface area contributed by atoms with Crippen LogP contribution in [0.2, 0.25) is 0 Å². The van der Waals surface area contributed by atoms with Crippen molar-refractivity contribution in [2.24, 2.45) is 0 Å². The number of aryl methyl sites for hydroxylation is 1. The van der Waals surface area contributed by atoms with E-state index in [1.807, 2.05) is 30.3 Å². The molecule has 1 amide bonds. The van der Waals surface area contributed by atoms with Crippen LogP contribution in [-0.2, 0) is 11.3 Å². The van der Waals surface area contributed by atoms with Gasteiger partial charge in [0.05, 0.1) is 5.69 Å². The van der Waals surface area contributed by atoms with Gasteiger partial charge >= 0.3 is 0 Å². The van der Waals surface area contributed by atoms with Crippen LogP contribution in [0.4, 0.5) is 10.1 Å². The molecule has 1 heterocycles. The first-order chi connectivity index (χ1) is 12.0. The fraction of sp³-hybridized carbons (Fsp3) is 0.105. The second-order valence-electron chi connectivity index (χ2n) is 5.59. The monoisotopic (exact) mass is 337 g/mol. The number of anilines is 1. The average molecular weight is 337 g/mol. The number of carbonyl (C=O) groups excluding carboxylic acids is 1. The predicted octanol–water partition coefficient (Wildman–Crippen LogP) is 3.00. The molecular formula is C19H16FN3O2. The van der Waals surface area contributed by atoms with Gasteiger partial charge in [0.1, 0.15) is 12.4 Å². The Kier molecular flexibility index (Phi) is 4.70. The van der Waals surface area contributed by atoms with Gasteiger partial charge in [0.15, 0.2) is 0 Å². The molecule has 0 fully saturated rings. The second kappa shape index (κ2) is 7.09. The minimum Gasteiger partial charge on any atom is -0.324 e. The summed E-state index contributed by atoms with van der Waals surface area (Å²) in [6.07, 6.45) is 0. The molecule has 0 unspecified atom stereocenters. The Bertz CT molecular complexity index is 968. The van der Waals surface area contributed by atoms with E-state index in [-0.39, 0.29) is 12.1 Å². The van der Waals surface area contributed by atoms with Crippen LogP contribution in [0.15, 0.2) is 65.5 Å². The smallest absolute Gasteiger partial charge is 0.267 e.